The molecule has 0 N–H and O–H groups in total. The molecular weight excluding hydrogens is 148 g/mol. The molecule has 0 spiro atoms. The fourth-order valence-corrected chi connectivity index (χ4v) is 1.57. The second-order valence-corrected chi connectivity index (χ2v) is 3.20. The van der Waals surface area contributed by atoms with Gasteiger partial charge in [0.25, 0.3) is 0 Å². The molecular formula is C7H7O2S-. The first-order valence-electron chi connectivity index (χ1n) is 2.89. The highest BCUT2D eigenvalue weighted by Crippen LogP contribution is 2.19. The van der Waals surface area contributed by atoms with Crippen molar-refractivity contribution in [2.75, 3.05) is 0 Å². The lowest BCUT2D eigenvalue weighted by molar-refractivity contribution is -0.255. The van der Waals surface area contributed by atoms with Gasteiger partial charge in [-0.2, -0.15) is 0 Å². The van der Waals surface area contributed by atoms with E-state index in [4.69, 9.17) is 0 Å². The van der Waals surface area contributed by atoms with Gasteiger partial charge < -0.3 is 9.90 Å². The Balaban J connectivity index is 3.17. The smallest absolute Gasteiger partial charge is 0.0726 e. The zero-order valence-corrected chi connectivity index (χ0v) is 6.62. The van der Waals surface area contributed by atoms with Gasteiger partial charge in [-0.05, 0) is 19.4 Å². The molecule has 1 aromatic rings. The fourth-order valence-electron chi connectivity index (χ4n) is 0.715. The van der Waals surface area contributed by atoms with Crippen LogP contribution in [-0.4, -0.2) is 5.97 Å². The van der Waals surface area contributed by atoms with Crippen LogP contribution >= 0.6 is 11.3 Å². The van der Waals surface area contributed by atoms with Crippen LogP contribution in [0.4, 0.5) is 0 Å². The number of rotatable bonds is 1. The van der Waals surface area contributed by atoms with Crippen LogP contribution in [0.3, 0.4) is 0 Å². The van der Waals surface area contributed by atoms with E-state index in [0.717, 1.165) is 10.4 Å². The van der Waals surface area contributed by atoms with Crippen molar-refractivity contribution in [2.45, 2.75) is 13.8 Å². The molecule has 0 radical (unpaired) electrons. The number of thiophene rings is 1. The molecule has 1 aromatic heterocycles. The Morgan fingerprint density at radius 3 is 2.40 bits per heavy atom. The number of carbonyl (C=O) groups is 1. The summed E-state index contributed by atoms with van der Waals surface area (Å²) in [5.74, 6) is -1.08. The molecule has 0 aromatic carbocycles. The lowest BCUT2D eigenvalue weighted by Crippen LogP contribution is -2.22. The van der Waals surface area contributed by atoms with Crippen molar-refractivity contribution in [3.63, 3.8) is 0 Å². The molecule has 0 saturated carbocycles. The minimum absolute atomic E-state index is 0.322. The molecule has 0 amide bonds. The van der Waals surface area contributed by atoms with Crippen LogP contribution in [0.25, 0.3) is 0 Å². The summed E-state index contributed by atoms with van der Waals surface area (Å²) in [6.45, 7) is 3.68. The van der Waals surface area contributed by atoms with Crippen molar-refractivity contribution >= 4 is 17.3 Å². The molecule has 0 atom stereocenters. The zero-order chi connectivity index (χ0) is 7.72. The van der Waals surface area contributed by atoms with Crippen molar-refractivity contribution in [2.24, 2.45) is 0 Å². The van der Waals surface area contributed by atoms with Crippen LogP contribution in [-0.2, 0) is 0 Å². The van der Waals surface area contributed by atoms with Crippen molar-refractivity contribution in [1.82, 2.24) is 0 Å². The van der Waals surface area contributed by atoms with Crippen LogP contribution in [0.15, 0.2) is 5.38 Å². The van der Waals surface area contributed by atoms with Crippen molar-refractivity contribution in [1.29, 1.82) is 0 Å². The maximum Gasteiger partial charge on any atom is 0.0726 e. The quantitative estimate of drug-likeness (QED) is 0.599. The highest BCUT2D eigenvalue weighted by molar-refractivity contribution is 7.10. The summed E-state index contributed by atoms with van der Waals surface area (Å²) in [6, 6.07) is 0. The van der Waals surface area contributed by atoms with Gasteiger partial charge in [0.05, 0.1) is 5.97 Å². The molecule has 0 bridgehead atoms. The van der Waals surface area contributed by atoms with Crippen LogP contribution in [0.5, 0.6) is 0 Å². The Bertz CT molecular complexity index is 263. The molecule has 1 heterocycles. The Kier molecular flexibility index (Phi) is 1.76. The van der Waals surface area contributed by atoms with Gasteiger partial charge in [0.15, 0.2) is 0 Å². The normalized spacial score (nSPS) is 9.80. The largest absolute Gasteiger partial charge is 0.545 e. The molecule has 1 rings (SSSR count). The number of aromatic carboxylic acids is 1. The van der Waals surface area contributed by atoms with E-state index in [0.29, 0.717) is 5.56 Å². The van der Waals surface area contributed by atoms with Crippen LogP contribution in [0.1, 0.15) is 20.8 Å². The van der Waals surface area contributed by atoms with Gasteiger partial charge in [0.1, 0.15) is 0 Å². The molecule has 2 nitrogen and oxygen atoms in total. The Morgan fingerprint density at radius 1 is 1.60 bits per heavy atom. The first kappa shape index (κ1) is 7.28. The molecule has 3 heteroatoms. The summed E-state index contributed by atoms with van der Waals surface area (Å²) in [6.07, 6.45) is 0. The van der Waals surface area contributed by atoms with E-state index in [1.165, 1.54) is 11.3 Å². The topological polar surface area (TPSA) is 40.1 Å². The van der Waals surface area contributed by atoms with E-state index in [1.54, 1.807) is 12.3 Å². The molecule has 0 aliphatic rings. The van der Waals surface area contributed by atoms with E-state index in [9.17, 15) is 9.90 Å². The second-order valence-electron chi connectivity index (χ2n) is 2.12. The van der Waals surface area contributed by atoms with E-state index in [-0.39, 0.29) is 0 Å². The minimum Gasteiger partial charge on any atom is -0.545 e. The van der Waals surface area contributed by atoms with Crippen LogP contribution < -0.4 is 5.11 Å². The highest BCUT2D eigenvalue weighted by atomic mass is 32.1. The third kappa shape index (κ3) is 1.04. The zero-order valence-electron chi connectivity index (χ0n) is 5.80. The Hall–Kier alpha value is -0.830. The standard InChI is InChI=1S/C7H8O2S/c1-4-5(2)10-3-6(4)7(8)9/h3H,1-2H3,(H,8,9)/p-1. The van der Waals surface area contributed by atoms with Crippen LogP contribution in [0.2, 0.25) is 0 Å². The predicted octanol–water partition coefficient (Wildman–Crippen LogP) is 0.728. The van der Waals surface area contributed by atoms with Gasteiger partial charge in [-0.1, -0.05) is 0 Å². The number of carboxylic acid groups (broad SMARTS) is 1. The van der Waals surface area contributed by atoms with Gasteiger partial charge in [-0.15, -0.1) is 11.3 Å². The first-order chi connectivity index (χ1) is 4.63. The maximum atomic E-state index is 10.3. The number of aryl methyl sites for hydroxylation is 1. The Morgan fingerprint density at radius 2 is 2.20 bits per heavy atom. The van der Waals surface area contributed by atoms with E-state index >= 15 is 0 Å². The summed E-state index contributed by atoms with van der Waals surface area (Å²) in [4.78, 5) is 11.4. The van der Waals surface area contributed by atoms with E-state index in [2.05, 4.69) is 0 Å². The first-order valence-corrected chi connectivity index (χ1v) is 3.77. The molecule has 0 aliphatic carbocycles. The monoisotopic (exact) mass is 155 g/mol. The molecule has 0 aliphatic heterocycles. The molecule has 0 fully saturated rings. The number of hydrogen-bond acceptors (Lipinski definition) is 3. The fraction of sp³-hybridized carbons (Fsp3) is 0.286. The SMILES string of the molecule is Cc1scc(C(=O)[O-])c1C. The Labute approximate surface area is 63.1 Å². The molecule has 0 saturated heterocycles. The predicted molar refractivity (Wildman–Crippen MR) is 38.1 cm³/mol. The number of carboxylic acids is 1. The van der Waals surface area contributed by atoms with Gasteiger partial charge >= 0.3 is 0 Å². The van der Waals surface area contributed by atoms with Gasteiger partial charge in [-0.25, -0.2) is 0 Å². The van der Waals surface area contributed by atoms with Gasteiger partial charge in [-0.3, -0.25) is 0 Å². The third-order valence-corrected chi connectivity index (χ3v) is 2.52. The minimum atomic E-state index is -1.08. The van der Waals surface area contributed by atoms with Crippen molar-refractivity contribution in [3.05, 3.63) is 21.4 Å². The summed E-state index contributed by atoms with van der Waals surface area (Å²) >= 11 is 1.44. The van der Waals surface area contributed by atoms with Gasteiger partial charge in [0, 0.05) is 15.8 Å². The van der Waals surface area contributed by atoms with Crippen molar-refractivity contribution in [3.8, 4) is 0 Å². The lowest BCUT2D eigenvalue weighted by Gasteiger charge is -1.98. The summed E-state index contributed by atoms with van der Waals surface area (Å²) in [5.41, 5.74) is 1.15. The summed E-state index contributed by atoms with van der Waals surface area (Å²) < 4.78 is 0. The maximum absolute atomic E-state index is 10.3. The van der Waals surface area contributed by atoms with Crippen LogP contribution in [0, 0.1) is 13.8 Å². The average molecular weight is 155 g/mol. The van der Waals surface area contributed by atoms with E-state index < -0.39 is 5.97 Å². The average Bonchev–Trinajstić information content (AvgIpc) is 2.14. The van der Waals surface area contributed by atoms with Crippen molar-refractivity contribution < 1.29 is 9.90 Å². The molecule has 0 unspecified atom stereocenters. The number of carbonyl (C=O) groups excluding carboxylic acids is 1. The lowest BCUT2D eigenvalue weighted by atomic mass is 10.2. The third-order valence-electron chi connectivity index (χ3n) is 1.51. The highest BCUT2D eigenvalue weighted by Gasteiger charge is 2.02. The van der Waals surface area contributed by atoms with E-state index in [1.807, 2.05) is 6.92 Å². The molecule has 54 valence electrons. The number of hydrogen-bond donors (Lipinski definition) is 0. The summed E-state index contributed by atoms with van der Waals surface area (Å²) in [5, 5.41) is 11.9. The summed E-state index contributed by atoms with van der Waals surface area (Å²) in [7, 11) is 0. The van der Waals surface area contributed by atoms with Gasteiger partial charge in [0.2, 0.25) is 0 Å². The molecule has 10 heavy (non-hydrogen) atoms. The second kappa shape index (κ2) is 2.42.